The molecule has 6 nitrogen and oxygen atoms in total. The average Bonchev–Trinajstić information content (AvgIpc) is 3.02. The molecule has 0 aromatic heterocycles. The predicted molar refractivity (Wildman–Crippen MR) is 142 cm³/mol. The van der Waals surface area contributed by atoms with E-state index in [0.717, 1.165) is 38.5 Å². The number of hydrogen-bond acceptors (Lipinski definition) is 5. The Labute approximate surface area is 218 Å². The van der Waals surface area contributed by atoms with E-state index in [0.29, 0.717) is 30.6 Å². The molecule has 0 saturated heterocycles. The average molecular weight is 506 g/mol. The van der Waals surface area contributed by atoms with Crippen LogP contribution in [0.4, 0.5) is 0 Å². The zero-order valence-electron chi connectivity index (χ0n) is 23.9. The molecule has 3 N–H and O–H groups in total. The zero-order chi connectivity index (χ0) is 27.1. The van der Waals surface area contributed by atoms with Crippen LogP contribution in [0.3, 0.4) is 0 Å². The first-order valence-corrected chi connectivity index (χ1v) is 14.3. The van der Waals surface area contributed by atoms with Crippen LogP contribution in [0, 0.1) is 55.4 Å². The minimum Gasteiger partial charge on any atom is -0.393 e. The third-order valence-electron chi connectivity index (χ3n) is 12.6. The second-order valence-corrected chi connectivity index (χ2v) is 14.9. The summed E-state index contributed by atoms with van der Waals surface area (Å²) in [5, 5.41) is 44.4. The Balaban J connectivity index is 1.64. The standard InChI is InChI=1S/C30H51NO5/c1-18(9-14-24(32)27(4,5)34)19-15-16-28(6)22-12-10-20-21(11-13-23(31(35)36)26(20,2)3)30(22,8)25(33)17-29(19,28)7/h10,18-19,21-25,32-34H,9,11-17H2,1-8H3/t18-,19?,21?,22?,23+,24-,25-,28+,29-,30+/m1/s1. The molecule has 36 heavy (non-hydrogen) atoms. The number of aliphatic hydroxyl groups is 3. The second kappa shape index (κ2) is 8.77. The molecule has 4 rings (SSSR count). The van der Waals surface area contributed by atoms with Crippen molar-refractivity contribution in [3.63, 3.8) is 0 Å². The zero-order valence-corrected chi connectivity index (χ0v) is 23.9. The topological polar surface area (TPSA) is 104 Å². The number of nitrogens with zero attached hydrogens (tertiary/aromatic N) is 1. The van der Waals surface area contributed by atoms with Crippen molar-refractivity contribution in [1.82, 2.24) is 0 Å². The van der Waals surface area contributed by atoms with Gasteiger partial charge in [-0.2, -0.15) is 0 Å². The molecule has 0 aliphatic heterocycles. The molecule has 3 saturated carbocycles. The van der Waals surface area contributed by atoms with Crippen molar-refractivity contribution in [3.8, 4) is 0 Å². The Morgan fingerprint density at radius 3 is 2.33 bits per heavy atom. The summed E-state index contributed by atoms with van der Waals surface area (Å²) in [7, 11) is 0. The van der Waals surface area contributed by atoms with Crippen LogP contribution in [-0.2, 0) is 0 Å². The molecule has 0 radical (unpaired) electrons. The molecule has 4 aliphatic carbocycles. The highest BCUT2D eigenvalue weighted by Gasteiger charge is 2.70. The normalized spacial score (nSPS) is 45.6. The number of aliphatic hydroxyl groups excluding tert-OH is 2. The van der Waals surface area contributed by atoms with Crippen LogP contribution in [0.2, 0.25) is 0 Å². The number of fused-ring (bicyclic) bond motifs is 5. The van der Waals surface area contributed by atoms with Crippen LogP contribution in [0.1, 0.15) is 107 Å². The van der Waals surface area contributed by atoms with Crippen LogP contribution in [-0.4, -0.2) is 44.1 Å². The van der Waals surface area contributed by atoms with Crippen molar-refractivity contribution in [2.24, 2.45) is 45.3 Å². The van der Waals surface area contributed by atoms with Gasteiger partial charge in [-0.1, -0.05) is 39.3 Å². The van der Waals surface area contributed by atoms with Crippen LogP contribution < -0.4 is 0 Å². The van der Waals surface area contributed by atoms with Crippen molar-refractivity contribution in [1.29, 1.82) is 0 Å². The molecule has 4 aliphatic rings. The van der Waals surface area contributed by atoms with Gasteiger partial charge < -0.3 is 15.3 Å². The summed E-state index contributed by atoms with van der Waals surface area (Å²) in [4.78, 5) is 11.8. The third-order valence-corrected chi connectivity index (χ3v) is 12.6. The van der Waals surface area contributed by atoms with E-state index in [1.54, 1.807) is 13.8 Å². The van der Waals surface area contributed by atoms with Crippen molar-refractivity contribution >= 4 is 0 Å². The Hall–Kier alpha value is -0.980. The molecule has 3 fully saturated rings. The summed E-state index contributed by atoms with van der Waals surface area (Å²) >= 11 is 0. The van der Waals surface area contributed by atoms with Crippen molar-refractivity contribution in [3.05, 3.63) is 21.8 Å². The minimum absolute atomic E-state index is 0.00536. The molecule has 206 valence electrons. The van der Waals surface area contributed by atoms with Crippen LogP contribution >= 0.6 is 0 Å². The van der Waals surface area contributed by atoms with Gasteiger partial charge in [0, 0.05) is 16.8 Å². The highest BCUT2D eigenvalue weighted by atomic mass is 16.6. The van der Waals surface area contributed by atoms with Gasteiger partial charge in [-0.3, -0.25) is 10.1 Å². The minimum atomic E-state index is -1.09. The SMILES string of the molecule is C[C@H](CC[C@@H](O)C(C)(C)O)C1CC[C@@]2(C)C3CC=C4C(CC[C@H]([N+](=O)[O-])C4(C)C)[C@]3(C)[C@H](O)C[C@]12C. The number of allylic oxidation sites excluding steroid dienone is 1. The summed E-state index contributed by atoms with van der Waals surface area (Å²) in [5.41, 5.74) is -0.563. The molecular formula is C30H51NO5. The van der Waals surface area contributed by atoms with Gasteiger partial charge in [-0.05, 0) is 107 Å². The summed E-state index contributed by atoms with van der Waals surface area (Å²) in [5.74, 6) is 1.39. The lowest BCUT2D eigenvalue weighted by Crippen LogP contribution is -2.64. The fraction of sp³-hybridized carbons (Fsp3) is 0.933. The maximum Gasteiger partial charge on any atom is 0.221 e. The van der Waals surface area contributed by atoms with Gasteiger partial charge in [-0.15, -0.1) is 0 Å². The summed E-state index contributed by atoms with van der Waals surface area (Å²) < 4.78 is 0. The quantitative estimate of drug-likeness (QED) is 0.242. The molecule has 10 atom stereocenters. The van der Waals surface area contributed by atoms with E-state index in [1.807, 2.05) is 13.8 Å². The maximum atomic E-state index is 12.0. The number of rotatable bonds is 6. The fourth-order valence-corrected chi connectivity index (χ4v) is 10.0. The van der Waals surface area contributed by atoms with Crippen molar-refractivity contribution in [2.45, 2.75) is 131 Å². The fourth-order valence-electron chi connectivity index (χ4n) is 10.0. The Morgan fingerprint density at radius 1 is 1.11 bits per heavy atom. The van der Waals surface area contributed by atoms with E-state index in [4.69, 9.17) is 0 Å². The Kier molecular flexibility index (Phi) is 6.83. The highest BCUT2D eigenvalue weighted by molar-refractivity contribution is 5.31. The predicted octanol–water partition coefficient (Wildman–Crippen LogP) is 5.76. The smallest absolute Gasteiger partial charge is 0.221 e. The monoisotopic (exact) mass is 505 g/mol. The molecule has 0 spiro atoms. The van der Waals surface area contributed by atoms with Gasteiger partial charge in [0.25, 0.3) is 0 Å². The van der Waals surface area contributed by atoms with Gasteiger partial charge in [0.15, 0.2) is 0 Å². The summed E-state index contributed by atoms with van der Waals surface area (Å²) in [6, 6.07) is -0.558. The van der Waals surface area contributed by atoms with E-state index >= 15 is 0 Å². The van der Waals surface area contributed by atoms with E-state index in [2.05, 4.69) is 33.8 Å². The Bertz CT molecular complexity index is 908. The first kappa shape index (κ1) is 28.0. The molecular weight excluding hydrogens is 454 g/mol. The Morgan fingerprint density at radius 2 is 1.75 bits per heavy atom. The lowest BCUT2D eigenvalue weighted by atomic mass is 9.38. The summed E-state index contributed by atoms with van der Waals surface area (Å²) in [6.45, 7) is 16.9. The largest absolute Gasteiger partial charge is 0.393 e. The lowest BCUT2D eigenvalue weighted by molar-refractivity contribution is -0.542. The van der Waals surface area contributed by atoms with E-state index < -0.39 is 29.3 Å². The molecule has 0 amide bonds. The van der Waals surface area contributed by atoms with Crippen molar-refractivity contribution < 1.29 is 20.2 Å². The molecule has 0 bridgehead atoms. The highest BCUT2D eigenvalue weighted by Crippen LogP contribution is 2.75. The number of nitro groups is 1. The third kappa shape index (κ3) is 3.83. The van der Waals surface area contributed by atoms with Gasteiger partial charge in [-0.25, -0.2) is 0 Å². The summed E-state index contributed by atoms with van der Waals surface area (Å²) in [6.07, 6.45) is 7.89. The second-order valence-electron chi connectivity index (χ2n) is 14.9. The molecule has 0 heterocycles. The van der Waals surface area contributed by atoms with Crippen LogP contribution in [0.5, 0.6) is 0 Å². The maximum absolute atomic E-state index is 12.0. The van der Waals surface area contributed by atoms with E-state index in [1.165, 1.54) is 5.57 Å². The first-order chi connectivity index (χ1) is 16.4. The molecule has 3 unspecified atom stereocenters. The number of hydrogen-bond donors (Lipinski definition) is 3. The van der Waals surface area contributed by atoms with Gasteiger partial charge >= 0.3 is 0 Å². The molecule has 0 aromatic carbocycles. The van der Waals surface area contributed by atoms with Gasteiger partial charge in [0.05, 0.1) is 23.2 Å². The molecule has 6 heteroatoms. The van der Waals surface area contributed by atoms with Crippen LogP contribution in [0.25, 0.3) is 0 Å². The first-order valence-electron chi connectivity index (χ1n) is 14.3. The van der Waals surface area contributed by atoms with Gasteiger partial charge in [0.2, 0.25) is 6.04 Å². The van der Waals surface area contributed by atoms with Gasteiger partial charge in [0.1, 0.15) is 0 Å². The molecule has 0 aromatic rings. The van der Waals surface area contributed by atoms with Crippen LogP contribution in [0.15, 0.2) is 11.6 Å². The van der Waals surface area contributed by atoms with Crippen molar-refractivity contribution in [2.75, 3.05) is 0 Å². The van der Waals surface area contributed by atoms with E-state index in [-0.39, 0.29) is 27.1 Å². The van der Waals surface area contributed by atoms with E-state index in [9.17, 15) is 25.4 Å². The lowest BCUT2D eigenvalue weighted by Gasteiger charge is -2.67.